The van der Waals surface area contributed by atoms with Crippen LogP contribution < -0.4 is 10.6 Å². The van der Waals surface area contributed by atoms with Crippen LogP contribution in [0.25, 0.3) is 0 Å². The van der Waals surface area contributed by atoms with Gasteiger partial charge in [-0.1, -0.05) is 6.42 Å². The Morgan fingerprint density at radius 2 is 2.22 bits per heavy atom. The summed E-state index contributed by atoms with van der Waals surface area (Å²) in [6, 6.07) is 2.19. The van der Waals surface area contributed by atoms with E-state index < -0.39 is 0 Å². The molecule has 0 aromatic carbocycles. The number of nitrogens with one attached hydrogen (secondary N) is 2. The molecule has 6 heteroatoms. The van der Waals surface area contributed by atoms with Gasteiger partial charge in [0.2, 0.25) is 0 Å². The van der Waals surface area contributed by atoms with E-state index in [1.165, 1.54) is 24.8 Å². The van der Waals surface area contributed by atoms with Crippen LogP contribution >= 0.6 is 35.3 Å². The average molecular weight is 451 g/mol. The van der Waals surface area contributed by atoms with Crippen LogP contribution in [0, 0.1) is 5.41 Å². The van der Waals surface area contributed by atoms with Gasteiger partial charge in [-0.05, 0) is 60.4 Å². The van der Waals surface area contributed by atoms with Gasteiger partial charge in [0.1, 0.15) is 0 Å². The summed E-state index contributed by atoms with van der Waals surface area (Å²) in [6.07, 6.45) is 6.08. The van der Waals surface area contributed by atoms with Crippen molar-refractivity contribution >= 4 is 41.3 Å². The lowest BCUT2D eigenvalue weighted by Gasteiger charge is -2.40. The van der Waals surface area contributed by atoms with E-state index in [2.05, 4.69) is 34.4 Å². The van der Waals surface area contributed by atoms with E-state index in [9.17, 15) is 0 Å². The summed E-state index contributed by atoms with van der Waals surface area (Å²) >= 11 is 1.75. The average Bonchev–Trinajstić information content (AvgIpc) is 2.99. The topological polar surface area (TPSA) is 45.7 Å². The molecule has 0 radical (unpaired) electrons. The van der Waals surface area contributed by atoms with Crippen molar-refractivity contribution in [3.05, 3.63) is 22.4 Å². The second-order valence-corrected chi connectivity index (χ2v) is 6.88. The SMILES string of the molecule is CCNC(=NCC1(CCOC)CCC1)NCCc1ccsc1.I. The molecule has 0 unspecified atom stereocenters. The molecule has 132 valence electrons. The minimum Gasteiger partial charge on any atom is -0.385 e. The Morgan fingerprint density at radius 1 is 1.39 bits per heavy atom. The molecule has 0 bridgehead atoms. The highest BCUT2D eigenvalue weighted by molar-refractivity contribution is 14.0. The number of thiophene rings is 1. The lowest BCUT2D eigenvalue weighted by Crippen LogP contribution is -2.41. The molecule has 0 atom stereocenters. The minimum atomic E-state index is 0. The summed E-state index contributed by atoms with van der Waals surface area (Å²) < 4.78 is 5.26. The zero-order chi connectivity index (χ0) is 15.7. The van der Waals surface area contributed by atoms with Crippen molar-refractivity contribution in [1.29, 1.82) is 0 Å². The molecule has 1 aromatic heterocycles. The molecule has 0 aliphatic heterocycles. The van der Waals surface area contributed by atoms with Gasteiger partial charge in [-0.2, -0.15) is 11.3 Å². The zero-order valence-corrected chi connectivity index (χ0v) is 17.4. The normalized spacial score (nSPS) is 16.3. The lowest BCUT2D eigenvalue weighted by molar-refractivity contribution is 0.0778. The number of hydrogen-bond donors (Lipinski definition) is 2. The molecule has 23 heavy (non-hydrogen) atoms. The van der Waals surface area contributed by atoms with Gasteiger partial charge < -0.3 is 15.4 Å². The van der Waals surface area contributed by atoms with Crippen molar-refractivity contribution in [3.8, 4) is 0 Å². The number of methoxy groups -OCH3 is 1. The first-order valence-electron chi connectivity index (χ1n) is 8.30. The van der Waals surface area contributed by atoms with E-state index in [1.54, 1.807) is 18.4 Å². The number of hydrogen-bond acceptors (Lipinski definition) is 3. The van der Waals surface area contributed by atoms with Gasteiger partial charge in [-0.25, -0.2) is 0 Å². The van der Waals surface area contributed by atoms with Crippen LogP contribution in [0.4, 0.5) is 0 Å². The van der Waals surface area contributed by atoms with Crippen molar-refractivity contribution in [3.63, 3.8) is 0 Å². The molecular formula is C17H30IN3OS. The number of halogens is 1. The fourth-order valence-electron chi connectivity index (χ4n) is 2.83. The van der Waals surface area contributed by atoms with Gasteiger partial charge in [0.15, 0.2) is 5.96 Å². The Kier molecular flexibility index (Phi) is 10.1. The van der Waals surface area contributed by atoms with Gasteiger partial charge in [0.05, 0.1) is 0 Å². The van der Waals surface area contributed by atoms with Gasteiger partial charge in [-0.3, -0.25) is 4.99 Å². The van der Waals surface area contributed by atoms with Gasteiger partial charge in [0.25, 0.3) is 0 Å². The number of nitrogens with zero attached hydrogens (tertiary/aromatic N) is 1. The summed E-state index contributed by atoms with van der Waals surface area (Å²) in [5.74, 6) is 0.946. The molecule has 0 spiro atoms. The monoisotopic (exact) mass is 451 g/mol. The predicted molar refractivity (Wildman–Crippen MR) is 110 cm³/mol. The van der Waals surface area contributed by atoms with Crippen molar-refractivity contribution in [2.24, 2.45) is 10.4 Å². The number of aliphatic imine (C=N–C) groups is 1. The van der Waals surface area contributed by atoms with E-state index in [0.29, 0.717) is 5.41 Å². The smallest absolute Gasteiger partial charge is 0.191 e. The number of rotatable bonds is 9. The highest BCUT2D eigenvalue weighted by Crippen LogP contribution is 2.44. The van der Waals surface area contributed by atoms with Crippen LogP contribution in [0.15, 0.2) is 21.8 Å². The van der Waals surface area contributed by atoms with Crippen molar-refractivity contribution in [2.45, 2.75) is 39.0 Å². The Bertz CT molecular complexity index is 447. The van der Waals surface area contributed by atoms with E-state index in [4.69, 9.17) is 9.73 Å². The third kappa shape index (κ3) is 6.97. The van der Waals surface area contributed by atoms with Crippen molar-refractivity contribution in [1.82, 2.24) is 10.6 Å². The standard InChI is InChI=1S/C17H29N3OS.HI/c1-3-18-16(19-10-5-15-6-12-22-13-15)20-14-17(7-4-8-17)9-11-21-2;/h6,12-13H,3-5,7-11,14H2,1-2H3,(H2,18,19,20);1H. The summed E-state index contributed by atoms with van der Waals surface area (Å²) in [6.45, 7) is 5.69. The molecule has 2 rings (SSSR count). The van der Waals surface area contributed by atoms with Crippen LogP contribution in [0.3, 0.4) is 0 Å². The zero-order valence-electron chi connectivity index (χ0n) is 14.3. The maximum absolute atomic E-state index is 5.26. The van der Waals surface area contributed by atoms with E-state index in [0.717, 1.165) is 45.0 Å². The van der Waals surface area contributed by atoms with Gasteiger partial charge in [-0.15, -0.1) is 24.0 Å². The lowest BCUT2D eigenvalue weighted by atomic mass is 9.67. The molecule has 1 saturated carbocycles. The third-order valence-electron chi connectivity index (χ3n) is 4.45. The first-order chi connectivity index (χ1) is 10.8. The van der Waals surface area contributed by atoms with Crippen LogP contribution in [0.5, 0.6) is 0 Å². The van der Waals surface area contributed by atoms with Crippen molar-refractivity contribution < 1.29 is 4.74 Å². The highest BCUT2D eigenvalue weighted by atomic mass is 127. The van der Waals surface area contributed by atoms with Crippen molar-refractivity contribution in [2.75, 3.05) is 33.4 Å². The van der Waals surface area contributed by atoms with Gasteiger partial charge in [0, 0.05) is 33.4 Å². The fourth-order valence-corrected chi connectivity index (χ4v) is 3.53. The maximum Gasteiger partial charge on any atom is 0.191 e. The third-order valence-corrected chi connectivity index (χ3v) is 5.19. The first-order valence-corrected chi connectivity index (χ1v) is 9.24. The molecule has 2 N–H and O–H groups in total. The molecule has 0 amide bonds. The minimum absolute atomic E-state index is 0. The second kappa shape index (κ2) is 11.3. The van der Waals surface area contributed by atoms with E-state index in [-0.39, 0.29) is 24.0 Å². The molecule has 1 aromatic rings. The Balaban J connectivity index is 0.00000264. The quantitative estimate of drug-likeness (QED) is 0.342. The van der Waals surface area contributed by atoms with Crippen LogP contribution in [-0.4, -0.2) is 39.3 Å². The van der Waals surface area contributed by atoms with E-state index >= 15 is 0 Å². The molecule has 4 nitrogen and oxygen atoms in total. The Morgan fingerprint density at radius 3 is 2.78 bits per heavy atom. The Labute approximate surface area is 161 Å². The summed E-state index contributed by atoms with van der Waals surface area (Å²) in [4.78, 5) is 4.82. The van der Waals surface area contributed by atoms with Gasteiger partial charge >= 0.3 is 0 Å². The van der Waals surface area contributed by atoms with E-state index in [1.807, 2.05) is 0 Å². The van der Waals surface area contributed by atoms with Crippen LogP contribution in [-0.2, 0) is 11.2 Å². The number of guanidine groups is 1. The molecular weight excluding hydrogens is 421 g/mol. The molecule has 1 fully saturated rings. The molecule has 0 saturated heterocycles. The summed E-state index contributed by atoms with van der Waals surface area (Å²) in [7, 11) is 1.78. The maximum atomic E-state index is 5.26. The highest BCUT2D eigenvalue weighted by Gasteiger charge is 2.36. The largest absolute Gasteiger partial charge is 0.385 e. The molecule has 1 aliphatic carbocycles. The van der Waals surface area contributed by atoms with Crippen LogP contribution in [0.2, 0.25) is 0 Å². The van der Waals surface area contributed by atoms with Crippen LogP contribution in [0.1, 0.15) is 38.2 Å². The molecule has 1 aliphatic rings. The fraction of sp³-hybridized carbons (Fsp3) is 0.706. The summed E-state index contributed by atoms with van der Waals surface area (Å²) in [5.41, 5.74) is 1.77. The second-order valence-electron chi connectivity index (χ2n) is 6.10. The Hall–Kier alpha value is -0.340. The first kappa shape index (κ1) is 20.7. The summed E-state index contributed by atoms with van der Waals surface area (Å²) in [5, 5.41) is 11.1. The predicted octanol–water partition coefficient (Wildman–Crippen LogP) is 3.67. The number of ether oxygens (including phenoxy) is 1. The molecule has 1 heterocycles.